The summed E-state index contributed by atoms with van der Waals surface area (Å²) in [5, 5.41) is 0.701. The molecule has 7 heteroatoms. The lowest BCUT2D eigenvalue weighted by molar-refractivity contribution is 0.0985. The van der Waals surface area contributed by atoms with Gasteiger partial charge in [-0.3, -0.25) is 9.69 Å². The number of likely N-dealkylation sites (N-methyl/N-ethyl adjacent to an activating group) is 1. The number of aryl methyl sites for hydroxylation is 2. The highest BCUT2D eigenvalue weighted by Crippen LogP contribution is 2.33. The summed E-state index contributed by atoms with van der Waals surface area (Å²) in [7, 11) is 7.12. The third-order valence-electron chi connectivity index (χ3n) is 4.87. The number of thiazole rings is 1. The molecular weight excluding hydrogens is 386 g/mol. The van der Waals surface area contributed by atoms with Gasteiger partial charge in [-0.15, -0.1) is 0 Å². The van der Waals surface area contributed by atoms with E-state index in [2.05, 4.69) is 30.9 Å². The molecule has 0 saturated carbocycles. The van der Waals surface area contributed by atoms with Crippen LogP contribution in [0.4, 0.5) is 5.13 Å². The topological polar surface area (TPSA) is 54.9 Å². The summed E-state index contributed by atoms with van der Waals surface area (Å²) in [5.74, 6) is 1.01. The van der Waals surface area contributed by atoms with Gasteiger partial charge in [0.05, 0.1) is 24.4 Å². The summed E-state index contributed by atoms with van der Waals surface area (Å²) in [6.07, 6.45) is 0. The molecule has 1 aromatic heterocycles. The number of carbonyl (C=O) groups excluding carboxylic acids is 1. The van der Waals surface area contributed by atoms with Gasteiger partial charge in [0.2, 0.25) is 0 Å². The normalized spacial score (nSPS) is 11.1. The summed E-state index contributed by atoms with van der Waals surface area (Å²) in [6.45, 7) is 5.43. The van der Waals surface area contributed by atoms with Gasteiger partial charge in [0, 0.05) is 18.7 Å². The average Bonchev–Trinajstić information content (AvgIpc) is 3.09. The van der Waals surface area contributed by atoms with Crippen molar-refractivity contribution >= 4 is 32.6 Å². The van der Waals surface area contributed by atoms with E-state index in [4.69, 9.17) is 14.5 Å². The molecule has 1 amide bonds. The first-order chi connectivity index (χ1) is 13.8. The van der Waals surface area contributed by atoms with Crippen LogP contribution in [0.5, 0.6) is 11.5 Å². The van der Waals surface area contributed by atoms with Crippen LogP contribution in [-0.2, 0) is 0 Å². The fourth-order valence-corrected chi connectivity index (χ4v) is 4.06. The van der Waals surface area contributed by atoms with Crippen LogP contribution in [0.1, 0.15) is 21.5 Å². The largest absolute Gasteiger partial charge is 0.493 e. The number of ether oxygens (including phenoxy) is 2. The van der Waals surface area contributed by atoms with Crippen molar-refractivity contribution in [1.29, 1.82) is 0 Å². The van der Waals surface area contributed by atoms with Gasteiger partial charge in [0.1, 0.15) is 0 Å². The zero-order valence-corrected chi connectivity index (χ0v) is 18.6. The van der Waals surface area contributed by atoms with Crippen LogP contribution in [-0.4, -0.2) is 57.2 Å². The van der Waals surface area contributed by atoms with Crippen molar-refractivity contribution < 1.29 is 14.3 Å². The van der Waals surface area contributed by atoms with Gasteiger partial charge in [-0.05, 0) is 69.4 Å². The van der Waals surface area contributed by atoms with Crippen molar-refractivity contribution in [2.24, 2.45) is 0 Å². The Morgan fingerprint density at radius 2 is 1.69 bits per heavy atom. The maximum Gasteiger partial charge on any atom is 0.260 e. The maximum atomic E-state index is 13.4. The minimum Gasteiger partial charge on any atom is -0.493 e. The lowest BCUT2D eigenvalue weighted by Crippen LogP contribution is -2.36. The molecule has 0 unspecified atom stereocenters. The van der Waals surface area contributed by atoms with Crippen LogP contribution < -0.4 is 14.4 Å². The monoisotopic (exact) mass is 413 g/mol. The zero-order valence-electron chi connectivity index (χ0n) is 17.8. The van der Waals surface area contributed by atoms with Gasteiger partial charge in [-0.2, -0.15) is 0 Å². The second kappa shape index (κ2) is 8.80. The molecule has 0 radical (unpaired) electrons. The number of hydrogen-bond donors (Lipinski definition) is 0. The van der Waals surface area contributed by atoms with E-state index >= 15 is 0 Å². The van der Waals surface area contributed by atoms with Crippen LogP contribution in [0.15, 0.2) is 30.3 Å². The minimum atomic E-state index is -0.111. The Balaban J connectivity index is 2.02. The molecule has 29 heavy (non-hydrogen) atoms. The summed E-state index contributed by atoms with van der Waals surface area (Å²) in [5.41, 5.74) is 3.87. The van der Waals surface area contributed by atoms with E-state index in [9.17, 15) is 4.79 Å². The van der Waals surface area contributed by atoms with E-state index < -0.39 is 0 Å². The molecule has 0 fully saturated rings. The zero-order chi connectivity index (χ0) is 21.1. The molecule has 0 spiro atoms. The smallest absolute Gasteiger partial charge is 0.260 e. The molecule has 0 aliphatic heterocycles. The maximum absolute atomic E-state index is 13.4. The number of aromatic nitrogens is 1. The van der Waals surface area contributed by atoms with Crippen LogP contribution in [0.25, 0.3) is 10.2 Å². The Morgan fingerprint density at radius 1 is 1.00 bits per heavy atom. The third-order valence-corrected chi connectivity index (χ3v) is 5.91. The quantitative estimate of drug-likeness (QED) is 0.583. The number of fused-ring (bicyclic) bond motifs is 1. The molecule has 0 aliphatic rings. The molecule has 0 atom stereocenters. The minimum absolute atomic E-state index is 0.111. The number of anilines is 1. The summed E-state index contributed by atoms with van der Waals surface area (Å²) < 4.78 is 11.7. The second-order valence-electron chi connectivity index (χ2n) is 7.23. The molecule has 0 saturated heterocycles. The molecule has 1 heterocycles. The third kappa shape index (κ3) is 4.52. The van der Waals surface area contributed by atoms with E-state index in [0.29, 0.717) is 28.7 Å². The van der Waals surface area contributed by atoms with Gasteiger partial charge in [-0.1, -0.05) is 11.3 Å². The molecule has 3 rings (SSSR count). The highest BCUT2D eigenvalue weighted by Gasteiger charge is 2.23. The molecule has 6 nitrogen and oxygen atoms in total. The predicted molar refractivity (Wildman–Crippen MR) is 119 cm³/mol. The number of methoxy groups -OCH3 is 2. The number of benzene rings is 2. The first-order valence-electron chi connectivity index (χ1n) is 9.40. The van der Waals surface area contributed by atoms with Crippen molar-refractivity contribution in [3.05, 3.63) is 47.0 Å². The summed E-state index contributed by atoms with van der Waals surface area (Å²) in [4.78, 5) is 22.0. The number of nitrogens with zero attached hydrogens (tertiary/aromatic N) is 3. The molecule has 3 aromatic rings. The molecule has 154 valence electrons. The van der Waals surface area contributed by atoms with Crippen molar-refractivity contribution in [3.8, 4) is 11.5 Å². The lowest BCUT2D eigenvalue weighted by atomic mass is 10.1. The van der Waals surface area contributed by atoms with E-state index in [1.54, 1.807) is 48.7 Å². The highest BCUT2D eigenvalue weighted by molar-refractivity contribution is 7.22. The number of hydrogen-bond acceptors (Lipinski definition) is 6. The Labute approximate surface area is 175 Å². The number of amides is 1. The fourth-order valence-electron chi connectivity index (χ4n) is 2.99. The summed E-state index contributed by atoms with van der Waals surface area (Å²) >= 11 is 1.54. The Morgan fingerprint density at radius 3 is 2.34 bits per heavy atom. The summed E-state index contributed by atoms with van der Waals surface area (Å²) in [6, 6.07) is 9.44. The van der Waals surface area contributed by atoms with Gasteiger partial charge >= 0.3 is 0 Å². The van der Waals surface area contributed by atoms with E-state index in [1.807, 2.05) is 14.1 Å². The molecule has 0 aliphatic carbocycles. The van der Waals surface area contributed by atoms with Crippen molar-refractivity contribution in [2.75, 3.05) is 46.3 Å². The molecule has 2 aromatic carbocycles. The van der Waals surface area contributed by atoms with Crippen molar-refractivity contribution in [2.45, 2.75) is 13.8 Å². The molecular formula is C22H27N3O3S. The molecule has 0 bridgehead atoms. The van der Waals surface area contributed by atoms with Crippen LogP contribution >= 0.6 is 11.3 Å². The number of rotatable bonds is 7. The fraction of sp³-hybridized carbons (Fsp3) is 0.364. The van der Waals surface area contributed by atoms with Crippen LogP contribution in [0, 0.1) is 13.8 Å². The van der Waals surface area contributed by atoms with E-state index in [-0.39, 0.29) is 5.91 Å². The standard InChI is InChI=1S/C22H27N3O3S/c1-14-11-17-20(12-15(14)2)29-22(23-17)25(10-9-24(3)4)21(26)16-7-8-18(27-5)19(13-16)28-6/h7-8,11-13H,9-10H2,1-6H3. The predicted octanol–water partition coefficient (Wildman–Crippen LogP) is 4.14. The SMILES string of the molecule is COc1ccc(C(=O)N(CCN(C)C)c2nc3cc(C)c(C)cc3s2)cc1OC. The first-order valence-corrected chi connectivity index (χ1v) is 10.2. The van der Waals surface area contributed by atoms with Crippen molar-refractivity contribution in [3.63, 3.8) is 0 Å². The second-order valence-corrected chi connectivity index (χ2v) is 8.24. The highest BCUT2D eigenvalue weighted by atomic mass is 32.1. The lowest BCUT2D eigenvalue weighted by Gasteiger charge is -2.22. The van der Waals surface area contributed by atoms with Gasteiger partial charge in [0.25, 0.3) is 5.91 Å². The van der Waals surface area contributed by atoms with Crippen molar-refractivity contribution in [1.82, 2.24) is 9.88 Å². The van der Waals surface area contributed by atoms with Crippen LogP contribution in [0.3, 0.4) is 0 Å². The average molecular weight is 414 g/mol. The molecule has 0 N–H and O–H groups in total. The Kier molecular flexibility index (Phi) is 6.39. The van der Waals surface area contributed by atoms with Gasteiger partial charge < -0.3 is 14.4 Å². The number of carbonyl (C=O) groups is 1. The first kappa shape index (κ1) is 21.1. The van der Waals surface area contributed by atoms with Gasteiger partial charge in [0.15, 0.2) is 16.6 Å². The Hall–Kier alpha value is -2.64. The van der Waals surface area contributed by atoms with Crippen LogP contribution in [0.2, 0.25) is 0 Å². The van der Waals surface area contributed by atoms with Gasteiger partial charge in [-0.25, -0.2) is 4.98 Å². The Bertz CT molecular complexity index is 991. The van der Waals surface area contributed by atoms with E-state index in [0.717, 1.165) is 16.8 Å². The van der Waals surface area contributed by atoms with E-state index in [1.165, 1.54) is 11.1 Å².